The van der Waals surface area contributed by atoms with Gasteiger partial charge in [0.05, 0.1) is 39.6 Å². The van der Waals surface area contributed by atoms with E-state index in [4.69, 9.17) is 28.4 Å². The van der Waals surface area contributed by atoms with Crippen LogP contribution in [0, 0.1) is 72.8 Å². The molecule has 0 amide bonds. The van der Waals surface area contributed by atoms with E-state index in [0.717, 1.165) is 180 Å². The van der Waals surface area contributed by atoms with Crippen molar-refractivity contribution in [3.63, 3.8) is 0 Å². The summed E-state index contributed by atoms with van der Waals surface area (Å²) >= 11 is 0. The van der Waals surface area contributed by atoms with Crippen molar-refractivity contribution in [1.29, 1.82) is 0 Å². The van der Waals surface area contributed by atoms with Gasteiger partial charge in [0.15, 0.2) is 34.5 Å². The quantitative estimate of drug-likeness (QED) is 0.0365. The fourth-order valence-electron chi connectivity index (χ4n) is 9.99. The molecule has 0 saturated carbocycles. The van der Waals surface area contributed by atoms with Crippen LogP contribution in [0.1, 0.15) is 196 Å². The average Bonchev–Trinajstić information content (AvgIpc) is 1.61. The summed E-state index contributed by atoms with van der Waals surface area (Å²) in [4.78, 5) is 0. The van der Waals surface area contributed by atoms with Crippen molar-refractivity contribution >= 4 is 64.6 Å². The maximum absolute atomic E-state index is 6.52. The second-order valence-corrected chi connectivity index (χ2v) is 23.2. The van der Waals surface area contributed by atoms with Crippen LogP contribution in [0.4, 0.5) is 0 Å². The lowest BCUT2D eigenvalue weighted by Crippen LogP contribution is -2.02. The number of fused-ring (bicyclic) bond motifs is 3. The summed E-state index contributed by atoms with van der Waals surface area (Å²) in [5, 5.41) is 9.61. The van der Waals surface area contributed by atoms with Crippen LogP contribution in [0.2, 0.25) is 0 Å². The van der Waals surface area contributed by atoms with Crippen LogP contribution in [-0.4, -0.2) is 39.6 Å². The van der Waals surface area contributed by atoms with Gasteiger partial charge in [0.2, 0.25) is 0 Å². The van der Waals surface area contributed by atoms with Gasteiger partial charge in [0.25, 0.3) is 0 Å². The lowest BCUT2D eigenvalue weighted by atomic mass is 10.1. The predicted octanol–water partition coefficient (Wildman–Crippen LogP) is 23.0. The van der Waals surface area contributed by atoms with Gasteiger partial charge in [0, 0.05) is 101 Å². The number of ether oxygens (including phenoxy) is 6. The van der Waals surface area contributed by atoms with Crippen LogP contribution in [0.5, 0.6) is 34.5 Å². The summed E-state index contributed by atoms with van der Waals surface area (Å²) < 4.78 is 39.1. The molecule has 6 nitrogen and oxygen atoms in total. The van der Waals surface area contributed by atoms with Crippen LogP contribution in [0.25, 0.3) is 64.6 Å². The Bertz CT molecular complexity index is 2920. The smallest absolute Gasteiger partial charge is 0.162 e. The highest BCUT2D eigenvalue weighted by Gasteiger charge is 2.12. The van der Waals surface area contributed by atoms with Crippen LogP contribution in [-0.2, 0) is 0 Å². The molecule has 0 unspecified atom stereocenters. The van der Waals surface area contributed by atoms with Crippen molar-refractivity contribution in [2.24, 2.45) is 0 Å². The van der Waals surface area contributed by atoms with E-state index < -0.39 is 0 Å². The molecule has 468 valence electrons. The molecule has 10 rings (SSSR count). The third kappa shape index (κ3) is 24.5. The van der Waals surface area contributed by atoms with Crippen molar-refractivity contribution in [1.82, 2.24) is 0 Å². The molecule has 0 atom stereocenters. The van der Waals surface area contributed by atoms with E-state index in [1.165, 1.54) is 38.5 Å². The molecule has 0 heterocycles. The van der Waals surface area contributed by atoms with Gasteiger partial charge in [-0.3, -0.25) is 0 Å². The minimum absolute atomic E-state index is 0.593. The molecule has 10 aromatic rings. The number of unbranched alkanes of at least 4 members (excludes halogenated alkanes) is 18. The highest BCUT2D eigenvalue weighted by molar-refractivity contribution is 5.85. The lowest BCUT2D eigenvalue weighted by Gasteiger charge is -2.13. The zero-order valence-electron chi connectivity index (χ0n) is 55.1. The summed E-state index contributed by atoms with van der Waals surface area (Å²) in [6, 6.07) is 77.9. The van der Waals surface area contributed by atoms with Gasteiger partial charge in [-0.1, -0.05) is 230 Å². The molecular weight excluding hydrogens is 1100 g/mol. The summed E-state index contributed by atoms with van der Waals surface area (Å²) in [6.07, 6.45) is 26.4. The molecule has 0 aliphatic heterocycles. The van der Waals surface area contributed by atoms with Gasteiger partial charge in [-0.2, -0.15) is 0 Å². The van der Waals surface area contributed by atoms with Crippen LogP contribution in [0.15, 0.2) is 109 Å². The Labute approximate surface area is 542 Å². The lowest BCUT2D eigenvalue weighted by molar-refractivity contribution is 0.259. The Morgan fingerprint density at radius 3 is 0.467 bits per heavy atom. The molecule has 10 aromatic carbocycles. The first-order valence-corrected chi connectivity index (χ1v) is 34.1. The molecule has 0 aliphatic rings. The Balaban J connectivity index is 1.44. The second kappa shape index (κ2) is 40.9. The van der Waals surface area contributed by atoms with E-state index >= 15 is 0 Å². The Morgan fingerprint density at radius 2 is 0.333 bits per heavy atom. The number of hydrogen-bond donors (Lipinski definition) is 0. The van der Waals surface area contributed by atoms with E-state index in [2.05, 4.69) is 114 Å². The minimum atomic E-state index is 0.593. The predicted molar refractivity (Wildman–Crippen MR) is 375 cm³/mol. The topological polar surface area (TPSA) is 55.4 Å². The van der Waals surface area contributed by atoms with E-state index in [-0.39, 0.29) is 0 Å². The van der Waals surface area contributed by atoms with E-state index in [1.54, 1.807) is 0 Å². The monoisotopic (exact) mass is 1200 g/mol. The SMILES string of the molecule is CCCCCCOc1cc2c#cc3ccc(c#cc4cc(OCCCCCC)c(OCCCCCC)cc4c#cc4ccc(c#cc5cc(OCCCCCC)c(OCCCCCC)cc5c#cc5ccc(c#cc2cc1OCCCCCC)cc5)cc4)cc3. The normalized spacial score (nSPS) is 10.5. The first-order chi connectivity index (χ1) is 44.4. The Morgan fingerprint density at radius 1 is 0.189 bits per heavy atom. The standard InChI is InChI=1S/C84H96O6/c1-7-13-19-25-55-85-79-61-73-49-43-67-31-33-69(34-32-67)45-51-75-63-81(87-57-27-21-15-9-3)83(89-59-29-23-17-11-5)65-77(75)53-47-71-39-41-72(42-40-71)48-54-78-66-84(90-60-30-24-18-12-6)82(88-58-28-22-16-10-4)64-76(78)52-46-70-37-35-68(36-38-70)44-50-74(73)62-80(79)86-56-26-20-14-8-2/h31-42,61-66H,7-30,55-60H2,1-6H3. The number of benzene rings is 6. The molecular formula is C84H96O6. The van der Waals surface area contributed by atoms with Crippen LogP contribution < -0.4 is 28.4 Å². The molecule has 0 aromatic heterocycles. The fraction of sp³-hybridized carbons (Fsp3) is 0.429. The van der Waals surface area contributed by atoms with Crippen molar-refractivity contribution in [3.8, 4) is 34.5 Å². The summed E-state index contributed by atoms with van der Waals surface area (Å²) in [5.74, 6) is 4.11. The zero-order valence-corrected chi connectivity index (χ0v) is 55.1. The molecule has 0 saturated heterocycles. The summed E-state index contributed by atoms with van der Waals surface area (Å²) in [6.45, 7) is 16.9. The van der Waals surface area contributed by atoms with Gasteiger partial charge >= 0.3 is 0 Å². The van der Waals surface area contributed by atoms with Gasteiger partial charge in [-0.15, -0.1) is 0 Å². The molecule has 0 N–H and O–H groups in total. The van der Waals surface area contributed by atoms with Crippen molar-refractivity contribution in [2.45, 2.75) is 196 Å². The maximum atomic E-state index is 6.52. The number of rotatable bonds is 36. The van der Waals surface area contributed by atoms with E-state index in [1.807, 2.05) is 109 Å². The Hall–Kier alpha value is -8.52. The molecule has 90 heavy (non-hydrogen) atoms. The molecule has 0 aliphatic carbocycles. The molecule has 6 heteroatoms. The van der Waals surface area contributed by atoms with Gasteiger partial charge < -0.3 is 28.4 Å². The van der Waals surface area contributed by atoms with Crippen LogP contribution in [0.3, 0.4) is 0 Å². The van der Waals surface area contributed by atoms with Crippen LogP contribution >= 0.6 is 0 Å². The van der Waals surface area contributed by atoms with Gasteiger partial charge in [-0.05, 0) is 111 Å². The van der Waals surface area contributed by atoms with Crippen molar-refractivity contribution in [3.05, 3.63) is 182 Å². The summed E-state index contributed by atoms with van der Waals surface area (Å²) in [5.41, 5.74) is 0. The summed E-state index contributed by atoms with van der Waals surface area (Å²) in [7, 11) is 0. The highest BCUT2D eigenvalue weighted by atomic mass is 16.5. The Kier molecular flexibility index (Phi) is 31.3. The largest absolute Gasteiger partial charge is 0.490 e. The van der Waals surface area contributed by atoms with E-state index in [0.29, 0.717) is 74.1 Å². The first-order valence-electron chi connectivity index (χ1n) is 34.1. The fourth-order valence-corrected chi connectivity index (χ4v) is 9.99. The highest BCUT2D eigenvalue weighted by Crippen LogP contribution is 2.35. The third-order valence-electron chi connectivity index (χ3n) is 15.5. The minimum Gasteiger partial charge on any atom is -0.490 e. The number of hydrogen-bond acceptors (Lipinski definition) is 6. The molecule has 0 fully saturated rings. The second-order valence-electron chi connectivity index (χ2n) is 23.2. The van der Waals surface area contributed by atoms with E-state index in [9.17, 15) is 0 Å². The third-order valence-corrected chi connectivity index (χ3v) is 15.5. The maximum Gasteiger partial charge on any atom is 0.162 e. The molecule has 6 bridgehead atoms. The molecule has 0 spiro atoms. The van der Waals surface area contributed by atoms with Crippen molar-refractivity contribution in [2.75, 3.05) is 39.6 Å². The van der Waals surface area contributed by atoms with Gasteiger partial charge in [-0.25, -0.2) is 0 Å². The molecule has 0 radical (unpaired) electrons. The average molecular weight is 1200 g/mol. The first kappa shape index (κ1) is 69.0. The van der Waals surface area contributed by atoms with Gasteiger partial charge in [0.1, 0.15) is 0 Å². The van der Waals surface area contributed by atoms with Crippen molar-refractivity contribution < 1.29 is 28.4 Å². The zero-order chi connectivity index (χ0) is 63.1.